The first-order chi connectivity index (χ1) is 31.2. The maximum Gasteiger partial charge on any atom is 0.160 e. The summed E-state index contributed by atoms with van der Waals surface area (Å²) in [5, 5.41) is 41.2. The number of nitrogens with zero attached hydrogens (tertiary/aromatic N) is 1. The zero-order valence-electron chi connectivity index (χ0n) is 41.1. The summed E-state index contributed by atoms with van der Waals surface area (Å²) in [5.41, 5.74) is 6.23. The standard InChI is InChI=1S/C56H77N3O7/c1-32-22-33(25-36(23-32)56(64)18-20-65-21-19-56)24-35-30-59-31-38-43-44(51(4,27-40(61)49-50(2,3)66-49)15-11-34-29-58-45(35)46(34)59)39(60)28-54(43,7)53(6)17-12-41-52(5,48(53)47(38)63)16-13-42(62)55(41)14-9-10-37(26-55)57-8/h22-23,25,29-30,37-38,40-41,47-49,57-58,61,63-64H,9-21,24,26-28,31H2,1-8H3. The fourth-order valence-electron chi connectivity index (χ4n) is 17.4. The van der Waals surface area contributed by atoms with Gasteiger partial charge in [-0.05, 0) is 142 Å². The number of hydrogen-bond donors (Lipinski definition) is 5. The molecule has 12 atom stereocenters. The van der Waals surface area contributed by atoms with Crippen molar-refractivity contribution in [3.63, 3.8) is 0 Å². The number of H-pyrrole nitrogens is 1. The Kier molecular flexibility index (Phi) is 10.4. The number of epoxide rings is 1. The molecule has 11 rings (SSSR count). The van der Waals surface area contributed by atoms with Crippen molar-refractivity contribution in [2.24, 2.45) is 44.8 Å². The molecule has 5 N–H and O–H groups in total. The molecular formula is C56H77N3O7. The lowest BCUT2D eigenvalue weighted by atomic mass is 9.33. The minimum absolute atomic E-state index is 0.118. The van der Waals surface area contributed by atoms with Gasteiger partial charge in [0.25, 0.3) is 0 Å². The number of aryl methyl sites for hydroxylation is 2. The summed E-state index contributed by atoms with van der Waals surface area (Å²) in [6.07, 6.45) is 13.8. The Bertz CT molecular complexity index is 2510. The number of nitrogens with one attached hydrogen (secondary N) is 2. The van der Waals surface area contributed by atoms with Crippen molar-refractivity contribution in [1.29, 1.82) is 0 Å². The Morgan fingerprint density at radius 3 is 2.45 bits per heavy atom. The molecule has 5 heterocycles. The highest BCUT2D eigenvalue weighted by Crippen LogP contribution is 2.76. The predicted octanol–water partition coefficient (Wildman–Crippen LogP) is 8.56. The number of benzene rings is 1. The van der Waals surface area contributed by atoms with Crippen LogP contribution in [0.25, 0.3) is 11.0 Å². The number of aromatic nitrogens is 2. The third-order valence-corrected chi connectivity index (χ3v) is 20.7. The third kappa shape index (κ3) is 6.46. The molecule has 66 heavy (non-hydrogen) atoms. The fourth-order valence-corrected chi connectivity index (χ4v) is 17.4. The molecule has 5 aliphatic carbocycles. The number of aliphatic hydroxyl groups is 3. The second-order valence-electron chi connectivity index (χ2n) is 24.8. The minimum Gasteiger partial charge on any atom is -0.392 e. The first-order valence-electron chi connectivity index (χ1n) is 25.8. The Morgan fingerprint density at radius 1 is 0.970 bits per heavy atom. The van der Waals surface area contributed by atoms with Gasteiger partial charge in [-0.1, -0.05) is 57.9 Å². The fraction of sp³-hybridized carbons (Fsp3) is 0.714. The molecule has 8 aliphatic rings. The van der Waals surface area contributed by atoms with Gasteiger partial charge >= 0.3 is 0 Å². The van der Waals surface area contributed by atoms with E-state index in [0.717, 1.165) is 90.2 Å². The number of aromatic amines is 1. The van der Waals surface area contributed by atoms with Gasteiger partial charge in [0, 0.05) is 92.6 Å². The van der Waals surface area contributed by atoms with E-state index in [0.29, 0.717) is 76.5 Å². The van der Waals surface area contributed by atoms with Gasteiger partial charge in [0.15, 0.2) is 5.78 Å². The molecule has 2 saturated heterocycles. The van der Waals surface area contributed by atoms with E-state index in [-0.39, 0.29) is 35.1 Å². The van der Waals surface area contributed by atoms with Crippen LogP contribution in [-0.2, 0) is 44.1 Å². The third-order valence-electron chi connectivity index (χ3n) is 20.7. The van der Waals surface area contributed by atoms with Crippen LogP contribution in [0.3, 0.4) is 0 Å². The van der Waals surface area contributed by atoms with Crippen LogP contribution in [0.2, 0.25) is 0 Å². The highest BCUT2D eigenvalue weighted by molar-refractivity contribution is 6.02. The van der Waals surface area contributed by atoms with E-state index in [4.69, 9.17) is 9.47 Å². The smallest absolute Gasteiger partial charge is 0.160 e. The average molecular weight is 904 g/mol. The topological polar surface area (TPSA) is 149 Å². The van der Waals surface area contributed by atoms with Gasteiger partial charge in [-0.25, -0.2) is 0 Å². The minimum atomic E-state index is -0.912. The summed E-state index contributed by atoms with van der Waals surface area (Å²) in [4.78, 5) is 33.6. The highest BCUT2D eigenvalue weighted by atomic mass is 16.6. The Labute approximate surface area is 392 Å². The number of Topliss-reactive ketones (excluding diaryl/α,β-unsaturated/α-hetero) is 2. The van der Waals surface area contributed by atoms with Gasteiger partial charge in [-0.3, -0.25) is 9.59 Å². The molecule has 0 bridgehead atoms. The summed E-state index contributed by atoms with van der Waals surface area (Å²) in [6.45, 7) is 17.2. The molecule has 0 amide bonds. The summed E-state index contributed by atoms with van der Waals surface area (Å²) in [7, 11) is 2.04. The van der Waals surface area contributed by atoms with Crippen molar-refractivity contribution in [3.05, 3.63) is 69.6 Å². The molecule has 4 saturated carbocycles. The lowest BCUT2D eigenvalue weighted by Crippen LogP contribution is -2.69. The number of hydrogen-bond acceptors (Lipinski definition) is 8. The van der Waals surface area contributed by atoms with Gasteiger partial charge in [0.2, 0.25) is 0 Å². The summed E-state index contributed by atoms with van der Waals surface area (Å²) in [5.74, 6) is 0.316. The zero-order valence-corrected chi connectivity index (χ0v) is 41.1. The maximum absolute atomic E-state index is 15.4. The monoisotopic (exact) mass is 904 g/mol. The van der Waals surface area contributed by atoms with Crippen LogP contribution < -0.4 is 5.32 Å². The van der Waals surface area contributed by atoms with Crippen LogP contribution >= 0.6 is 0 Å². The van der Waals surface area contributed by atoms with E-state index >= 15 is 4.79 Å². The summed E-state index contributed by atoms with van der Waals surface area (Å²) in [6, 6.07) is 6.86. The number of aliphatic hydroxyl groups excluding tert-OH is 2. The molecule has 6 fully saturated rings. The number of fused-ring (bicyclic) bond motifs is 5. The SMILES string of the molecule is CNC1CCCC2(C1)C(=O)CCC1(C)C2CCC2(C)C1C(O)C1Cn3cc(Cc4cc(C)cc(C5(O)CCOCC5)c4)c4[nH]cc(c43)CCC(C)(CC(O)C3OC3(C)C)C3=C1C2(C)CC3=O. The van der Waals surface area contributed by atoms with E-state index in [1.165, 1.54) is 11.1 Å². The number of carbonyl (C=O) groups is 2. The average Bonchev–Trinajstić information content (AvgIpc) is 3.50. The van der Waals surface area contributed by atoms with E-state index in [9.17, 15) is 20.1 Å². The van der Waals surface area contributed by atoms with Crippen molar-refractivity contribution in [1.82, 2.24) is 14.9 Å². The lowest BCUT2D eigenvalue weighted by Gasteiger charge is -2.71. The number of ketones is 2. The molecule has 3 aromatic rings. The molecule has 10 heteroatoms. The van der Waals surface area contributed by atoms with E-state index in [1.807, 2.05) is 20.9 Å². The number of carbonyl (C=O) groups excluding carboxylic acids is 2. The highest BCUT2D eigenvalue weighted by Gasteiger charge is 2.73. The second-order valence-corrected chi connectivity index (χ2v) is 24.8. The molecule has 2 aromatic heterocycles. The molecule has 1 spiro atoms. The van der Waals surface area contributed by atoms with Crippen LogP contribution in [-0.4, -0.2) is 86.7 Å². The molecule has 10 nitrogen and oxygen atoms in total. The number of rotatable bonds is 7. The summed E-state index contributed by atoms with van der Waals surface area (Å²) < 4.78 is 14.1. The van der Waals surface area contributed by atoms with E-state index in [1.54, 1.807) is 0 Å². The van der Waals surface area contributed by atoms with E-state index in [2.05, 4.69) is 80.1 Å². The van der Waals surface area contributed by atoms with Crippen LogP contribution in [0, 0.1) is 51.8 Å². The molecule has 0 radical (unpaired) electrons. The van der Waals surface area contributed by atoms with Gasteiger partial charge in [0.05, 0.1) is 34.4 Å². The molecular weight excluding hydrogens is 827 g/mol. The Morgan fingerprint density at radius 2 is 1.73 bits per heavy atom. The number of allylic oxidation sites excluding steroid dienone is 1. The van der Waals surface area contributed by atoms with E-state index < -0.39 is 45.1 Å². The van der Waals surface area contributed by atoms with Gasteiger partial charge < -0.3 is 39.7 Å². The lowest BCUT2D eigenvalue weighted by molar-refractivity contribution is -0.227. The van der Waals surface area contributed by atoms with Crippen LogP contribution in [0.1, 0.15) is 153 Å². The largest absolute Gasteiger partial charge is 0.392 e. The quantitative estimate of drug-likeness (QED) is 0.148. The van der Waals surface area contributed by atoms with Crippen molar-refractivity contribution in [2.75, 3.05) is 20.3 Å². The van der Waals surface area contributed by atoms with Crippen LogP contribution in [0.5, 0.6) is 0 Å². The van der Waals surface area contributed by atoms with Gasteiger partial charge in [0.1, 0.15) is 11.9 Å². The van der Waals surface area contributed by atoms with Crippen LogP contribution in [0.15, 0.2) is 41.7 Å². The maximum atomic E-state index is 15.4. The second kappa shape index (κ2) is 15.2. The normalized spacial score (nSPS) is 40.8. The summed E-state index contributed by atoms with van der Waals surface area (Å²) >= 11 is 0. The van der Waals surface area contributed by atoms with Crippen molar-refractivity contribution >= 4 is 22.6 Å². The van der Waals surface area contributed by atoms with Crippen molar-refractivity contribution in [2.45, 2.75) is 187 Å². The van der Waals surface area contributed by atoms with Gasteiger partial charge in [-0.2, -0.15) is 0 Å². The van der Waals surface area contributed by atoms with Gasteiger partial charge in [-0.15, -0.1) is 0 Å². The predicted molar refractivity (Wildman–Crippen MR) is 255 cm³/mol. The first kappa shape index (κ1) is 45.3. The number of ether oxygens (including phenoxy) is 2. The Hall–Kier alpha value is -3.12. The molecule has 1 aromatic carbocycles. The van der Waals surface area contributed by atoms with Crippen LogP contribution in [0.4, 0.5) is 0 Å². The van der Waals surface area contributed by atoms with Crippen molar-refractivity contribution < 1.29 is 34.4 Å². The molecule has 3 aliphatic heterocycles. The molecule has 358 valence electrons. The zero-order chi connectivity index (χ0) is 46.6. The first-order valence-corrected chi connectivity index (χ1v) is 25.8. The Balaban J connectivity index is 1.06. The molecule has 12 unspecified atom stereocenters. The van der Waals surface area contributed by atoms with Crippen molar-refractivity contribution in [3.8, 4) is 0 Å².